The van der Waals surface area contributed by atoms with E-state index in [4.69, 9.17) is 26.0 Å². The van der Waals surface area contributed by atoms with Gasteiger partial charge >= 0.3 is 5.97 Å². The first-order chi connectivity index (χ1) is 15.3. The molecule has 1 heterocycles. The van der Waals surface area contributed by atoms with E-state index in [0.29, 0.717) is 0 Å². The van der Waals surface area contributed by atoms with Crippen molar-refractivity contribution in [3.05, 3.63) is 0 Å². The van der Waals surface area contributed by atoms with E-state index < -0.39 is 85.7 Å². The number of aliphatic hydroxyl groups excluding tert-OH is 4. The Morgan fingerprint density at radius 1 is 1.24 bits per heavy atom. The molecule has 0 aromatic carbocycles. The fourth-order valence-corrected chi connectivity index (χ4v) is 3.62. The highest BCUT2D eigenvalue weighted by molar-refractivity contribution is 5.89. The molecule has 0 radical (unpaired) electrons. The molecule has 10 N–H and O–H groups in total. The van der Waals surface area contributed by atoms with Crippen molar-refractivity contribution in [3.8, 4) is 0 Å². The highest BCUT2D eigenvalue weighted by atomic mass is 16.6. The number of carbonyl (C=O) groups is 3. The van der Waals surface area contributed by atoms with Crippen molar-refractivity contribution < 1.29 is 49.4 Å². The maximum absolute atomic E-state index is 12.9. The van der Waals surface area contributed by atoms with Crippen LogP contribution in [0.25, 0.3) is 0 Å². The van der Waals surface area contributed by atoms with Crippen LogP contribution in [-0.2, 0) is 23.9 Å². The van der Waals surface area contributed by atoms with E-state index in [1.807, 2.05) is 0 Å². The van der Waals surface area contributed by atoms with Gasteiger partial charge in [0.05, 0.1) is 24.9 Å². The summed E-state index contributed by atoms with van der Waals surface area (Å²) >= 11 is 0. The van der Waals surface area contributed by atoms with Gasteiger partial charge in [0.1, 0.15) is 30.4 Å². The van der Waals surface area contributed by atoms with Gasteiger partial charge in [0.25, 0.3) is 0 Å². The molecule has 14 nitrogen and oxygen atoms in total. The predicted molar refractivity (Wildman–Crippen MR) is 112 cm³/mol. The van der Waals surface area contributed by atoms with Crippen LogP contribution < -0.4 is 16.8 Å². The van der Waals surface area contributed by atoms with Crippen LogP contribution in [0.5, 0.6) is 0 Å². The molecule has 0 aromatic rings. The number of rotatable bonds is 13. The van der Waals surface area contributed by atoms with Crippen molar-refractivity contribution in [2.24, 2.45) is 11.5 Å². The fraction of sp³-hybridized carbons (Fsp3) is 0.842. The quantitative estimate of drug-likeness (QED) is 0.125. The van der Waals surface area contributed by atoms with Gasteiger partial charge in [-0.2, -0.15) is 0 Å². The van der Waals surface area contributed by atoms with Crippen LogP contribution in [0.2, 0.25) is 0 Å². The molecule has 1 aliphatic heterocycles. The lowest BCUT2D eigenvalue weighted by Gasteiger charge is -2.44. The zero-order chi connectivity index (χ0) is 25.5. The summed E-state index contributed by atoms with van der Waals surface area (Å²) in [6.45, 7) is 1.91. The van der Waals surface area contributed by atoms with Crippen LogP contribution >= 0.6 is 0 Å². The Morgan fingerprint density at radius 3 is 2.30 bits per heavy atom. The van der Waals surface area contributed by atoms with Crippen LogP contribution in [-0.4, -0.2) is 123 Å². The van der Waals surface area contributed by atoms with Crippen LogP contribution in [0.1, 0.15) is 26.7 Å². The molecular weight excluding hydrogens is 444 g/mol. The smallest absolute Gasteiger partial charge is 0.303 e. The van der Waals surface area contributed by atoms with Gasteiger partial charge in [-0.15, -0.1) is 0 Å². The van der Waals surface area contributed by atoms with Gasteiger partial charge in [0.15, 0.2) is 6.29 Å². The summed E-state index contributed by atoms with van der Waals surface area (Å²) in [4.78, 5) is 36.9. The topological polar surface area (TPSA) is 238 Å². The van der Waals surface area contributed by atoms with Crippen molar-refractivity contribution in [1.29, 1.82) is 0 Å². The number of primary amides is 1. The number of hydrogen-bond acceptors (Lipinski definition) is 11. The van der Waals surface area contributed by atoms with Crippen LogP contribution in [0.4, 0.5) is 0 Å². The number of carbonyl (C=O) groups excluding carboxylic acids is 2. The van der Waals surface area contributed by atoms with Crippen LogP contribution in [0.15, 0.2) is 0 Å². The SMILES string of the molecule is CN[C@@H]1[C@@H](OC(C)CN(C(=O)[C@@H](N)[C@@H](C)O)[C@H](CCC(=O)O)C(N)=O)[C@H](O)[C@@H](CO)O[C@@H]1O. The Morgan fingerprint density at radius 2 is 1.85 bits per heavy atom. The molecule has 2 amide bonds. The minimum absolute atomic E-state index is 0.292. The average Bonchev–Trinajstić information content (AvgIpc) is 2.73. The van der Waals surface area contributed by atoms with Gasteiger partial charge < -0.3 is 56.7 Å². The molecule has 192 valence electrons. The Bertz CT molecular complexity index is 666. The Balaban J connectivity index is 3.14. The summed E-state index contributed by atoms with van der Waals surface area (Å²) < 4.78 is 11.0. The number of nitrogens with two attached hydrogens (primary N) is 2. The van der Waals surface area contributed by atoms with E-state index >= 15 is 0 Å². The van der Waals surface area contributed by atoms with E-state index in [1.54, 1.807) is 0 Å². The number of hydrogen-bond donors (Lipinski definition) is 8. The normalized spacial score (nSPS) is 29.0. The summed E-state index contributed by atoms with van der Waals surface area (Å²) in [5.41, 5.74) is 11.2. The molecule has 0 bridgehead atoms. The second-order valence-electron chi connectivity index (χ2n) is 8.07. The van der Waals surface area contributed by atoms with Crippen molar-refractivity contribution >= 4 is 17.8 Å². The number of nitrogens with one attached hydrogen (secondary N) is 1. The van der Waals surface area contributed by atoms with Gasteiger partial charge in [-0.1, -0.05) is 0 Å². The largest absolute Gasteiger partial charge is 0.481 e. The molecule has 1 rings (SSSR count). The van der Waals surface area contributed by atoms with Crippen molar-refractivity contribution in [2.45, 2.75) is 81.6 Å². The van der Waals surface area contributed by atoms with Gasteiger partial charge in [-0.3, -0.25) is 14.4 Å². The number of ether oxygens (including phenoxy) is 2. The molecule has 1 fully saturated rings. The zero-order valence-corrected chi connectivity index (χ0v) is 18.9. The molecule has 1 aliphatic rings. The number of nitrogens with zero attached hydrogens (tertiary/aromatic N) is 1. The highest BCUT2D eigenvalue weighted by Crippen LogP contribution is 2.24. The number of carboxylic acid groups (broad SMARTS) is 1. The molecule has 1 unspecified atom stereocenters. The third-order valence-electron chi connectivity index (χ3n) is 5.47. The third-order valence-corrected chi connectivity index (χ3v) is 5.47. The van der Waals surface area contributed by atoms with E-state index in [0.717, 1.165) is 4.90 Å². The molecule has 33 heavy (non-hydrogen) atoms. The zero-order valence-electron chi connectivity index (χ0n) is 18.9. The van der Waals surface area contributed by atoms with Gasteiger partial charge in [-0.05, 0) is 27.3 Å². The summed E-state index contributed by atoms with van der Waals surface area (Å²) in [6, 6.07) is -3.66. The number of aliphatic hydroxyl groups is 4. The second kappa shape index (κ2) is 13.1. The van der Waals surface area contributed by atoms with Gasteiger partial charge in [-0.25, -0.2) is 0 Å². The molecule has 0 aromatic heterocycles. The standard InChI is InChI=1S/C19H36N4O10/c1-8(32-16-14(22-3)19(31)33-11(7-24)15(16)28)6-23(18(30)13(20)9(2)25)10(17(21)29)4-5-12(26)27/h8-11,13-16,19,22,24-25,28,31H,4-7,20H2,1-3H3,(H2,21,29)(H,26,27)/t8?,9-,10-,11-,13+,14-,15-,16-,19+/m1/s1. The Hall–Kier alpha value is -1.91. The van der Waals surface area contributed by atoms with Crippen molar-refractivity contribution in [2.75, 3.05) is 20.2 Å². The number of likely N-dealkylation sites (N-methyl/N-ethyl adjacent to an activating group) is 1. The lowest BCUT2D eigenvalue weighted by atomic mass is 9.96. The molecule has 1 saturated heterocycles. The average molecular weight is 481 g/mol. The van der Waals surface area contributed by atoms with Crippen molar-refractivity contribution in [3.63, 3.8) is 0 Å². The summed E-state index contributed by atoms with van der Waals surface area (Å²) in [6.07, 6.45) is -7.88. The van der Waals surface area contributed by atoms with E-state index in [1.165, 1.54) is 20.9 Å². The first kappa shape index (κ1) is 29.1. The van der Waals surface area contributed by atoms with E-state index in [2.05, 4.69) is 5.32 Å². The maximum atomic E-state index is 12.9. The first-order valence-corrected chi connectivity index (χ1v) is 10.6. The van der Waals surface area contributed by atoms with E-state index in [-0.39, 0.29) is 13.0 Å². The third kappa shape index (κ3) is 7.82. The molecule has 0 spiro atoms. The lowest BCUT2D eigenvalue weighted by molar-refractivity contribution is -0.268. The minimum atomic E-state index is -1.41. The second-order valence-corrected chi connectivity index (χ2v) is 8.07. The van der Waals surface area contributed by atoms with Gasteiger partial charge in [0.2, 0.25) is 11.8 Å². The lowest BCUT2D eigenvalue weighted by Crippen LogP contribution is -2.64. The summed E-state index contributed by atoms with van der Waals surface area (Å²) in [7, 11) is 1.50. The molecular formula is C19H36N4O10. The molecule has 0 saturated carbocycles. The first-order valence-electron chi connectivity index (χ1n) is 10.6. The fourth-order valence-electron chi connectivity index (χ4n) is 3.62. The number of carboxylic acids is 1. The van der Waals surface area contributed by atoms with Gasteiger partial charge in [0, 0.05) is 13.0 Å². The monoisotopic (exact) mass is 480 g/mol. The van der Waals surface area contributed by atoms with Crippen LogP contribution in [0, 0.1) is 0 Å². The molecule has 0 aliphatic carbocycles. The number of amides is 2. The predicted octanol–water partition coefficient (Wildman–Crippen LogP) is -4.33. The number of aliphatic carboxylic acids is 1. The molecule has 9 atom stereocenters. The highest BCUT2D eigenvalue weighted by Gasteiger charge is 2.45. The van der Waals surface area contributed by atoms with Crippen LogP contribution in [0.3, 0.4) is 0 Å². The maximum Gasteiger partial charge on any atom is 0.303 e. The van der Waals surface area contributed by atoms with E-state index in [9.17, 15) is 34.8 Å². The Kier molecular flexibility index (Phi) is 11.6. The minimum Gasteiger partial charge on any atom is -0.481 e. The molecule has 14 heteroatoms. The summed E-state index contributed by atoms with van der Waals surface area (Å²) in [5, 5.41) is 51.5. The summed E-state index contributed by atoms with van der Waals surface area (Å²) in [5.74, 6) is -3.02. The Labute approximate surface area is 191 Å². The van der Waals surface area contributed by atoms with Crippen molar-refractivity contribution in [1.82, 2.24) is 10.2 Å².